The molecule has 23 aromatic rings. The number of hydrogen-bond donors (Lipinski definition) is 0. The summed E-state index contributed by atoms with van der Waals surface area (Å²) in [6.07, 6.45) is 0. The van der Waals surface area contributed by atoms with Gasteiger partial charge in [-0.15, -0.1) is 0 Å². The monoisotopic (exact) mass is 1500 g/mol. The number of fused-ring (bicyclic) bond motifs is 12. The second-order valence-corrected chi connectivity index (χ2v) is 29.2. The topological polar surface area (TPSA) is 117 Å². The van der Waals surface area contributed by atoms with Gasteiger partial charge in [-0.25, -0.2) is 29.9 Å². The highest BCUT2D eigenvalue weighted by Crippen LogP contribution is 2.42. The number of para-hydroxylation sites is 5. The van der Waals surface area contributed by atoms with Crippen LogP contribution in [0.2, 0.25) is 0 Å². The van der Waals surface area contributed by atoms with E-state index >= 15 is 0 Å². The molecule has 0 aliphatic heterocycles. The first-order chi connectivity index (χ1) is 57.9. The highest BCUT2D eigenvalue weighted by molar-refractivity contribution is 6.09. The lowest BCUT2D eigenvalue weighted by molar-refractivity contribution is 0.668. The Kier molecular flexibility index (Phi) is 17.7. The fraction of sp³-hybridized carbons (Fsp3) is 0. The Morgan fingerprint density at radius 2 is 0.410 bits per heavy atom. The first-order valence-corrected chi connectivity index (χ1v) is 39.2. The summed E-state index contributed by atoms with van der Waals surface area (Å²) in [6.45, 7) is 0. The number of hydrogen-bond acceptors (Lipinski definition) is 9. The molecule has 0 spiro atoms. The maximum absolute atomic E-state index is 6.21. The molecule has 0 saturated heterocycles. The minimum absolute atomic E-state index is 0.727. The third-order valence-corrected chi connectivity index (χ3v) is 21.9. The molecule has 6 heterocycles. The second kappa shape index (κ2) is 30.0. The fourth-order valence-electron chi connectivity index (χ4n) is 16.0. The average molecular weight is 1500 g/mol. The van der Waals surface area contributed by atoms with E-state index in [-0.39, 0.29) is 0 Å². The largest absolute Gasteiger partial charge is 0.456 e. The van der Waals surface area contributed by atoms with Crippen LogP contribution >= 0.6 is 0 Å². The summed E-state index contributed by atoms with van der Waals surface area (Å²) in [5.41, 5.74) is 30.3. The molecule has 0 bridgehead atoms. The van der Waals surface area contributed by atoms with Gasteiger partial charge in [0.15, 0.2) is 11.6 Å². The molecule has 117 heavy (non-hydrogen) atoms. The van der Waals surface area contributed by atoms with Gasteiger partial charge in [0.1, 0.15) is 33.5 Å². The minimum Gasteiger partial charge on any atom is -0.456 e. The quantitative estimate of drug-likeness (QED) is 0.125. The molecule has 548 valence electrons. The molecule has 0 unspecified atom stereocenters. The van der Waals surface area contributed by atoms with E-state index in [4.69, 9.17) is 43.2 Å². The molecule has 0 fully saturated rings. The molecule has 17 aromatic carbocycles. The van der Waals surface area contributed by atoms with E-state index in [1.54, 1.807) is 0 Å². The van der Waals surface area contributed by atoms with Crippen molar-refractivity contribution in [1.29, 1.82) is 0 Å². The molecule has 0 saturated carbocycles. The molecular formula is C108H68N6O3. The van der Waals surface area contributed by atoms with Gasteiger partial charge in [-0.05, 0) is 153 Å². The van der Waals surface area contributed by atoms with E-state index in [0.29, 0.717) is 0 Å². The smallest absolute Gasteiger partial charge is 0.160 e. The summed E-state index contributed by atoms with van der Waals surface area (Å²) in [7, 11) is 0. The van der Waals surface area contributed by atoms with Crippen molar-refractivity contribution in [3.8, 4) is 123 Å². The zero-order valence-corrected chi connectivity index (χ0v) is 63.2. The van der Waals surface area contributed by atoms with Crippen molar-refractivity contribution < 1.29 is 13.3 Å². The molecule has 9 heteroatoms. The molecule has 0 N–H and O–H groups in total. The maximum atomic E-state index is 6.21. The Hall–Kier alpha value is -15.8. The van der Waals surface area contributed by atoms with Gasteiger partial charge in [0.25, 0.3) is 0 Å². The molecule has 0 aliphatic carbocycles. The maximum Gasteiger partial charge on any atom is 0.160 e. The Balaban J connectivity index is 0.000000110. The molecule has 23 rings (SSSR count). The number of rotatable bonds is 11. The minimum atomic E-state index is 0.727. The van der Waals surface area contributed by atoms with Crippen LogP contribution in [0.15, 0.2) is 426 Å². The van der Waals surface area contributed by atoms with Crippen molar-refractivity contribution in [2.75, 3.05) is 0 Å². The SMILES string of the molecule is c1ccc(-c2cccc(-c3ccc(-c4nc5ccccc5nc4-c4ccc5c(c4)oc4ccccc45)cc3)c2)cc1.c1ccc(-c2nc(-c3ccccc3)c3ccc(-c4ccc(-c5ccc6oc7ccccc7c6c5)cc4)cc3n2)cc1.c1ccc(-c2nc(-c3ccccc3)c3ccc(-c4ccc5oc6ccccc6c5c4)cc3n2)cc1. The van der Waals surface area contributed by atoms with E-state index in [1.165, 1.54) is 27.8 Å². The third kappa shape index (κ3) is 13.5. The fourth-order valence-corrected chi connectivity index (χ4v) is 16.0. The van der Waals surface area contributed by atoms with E-state index < -0.39 is 0 Å². The Morgan fingerprint density at radius 1 is 0.128 bits per heavy atom. The zero-order valence-electron chi connectivity index (χ0n) is 63.2. The van der Waals surface area contributed by atoms with Crippen molar-refractivity contribution >= 4 is 98.7 Å². The first kappa shape index (κ1) is 69.1. The molecule has 0 amide bonds. The van der Waals surface area contributed by atoms with E-state index in [2.05, 4.69) is 261 Å². The Bertz CT molecular complexity index is 7660. The van der Waals surface area contributed by atoms with Gasteiger partial charge >= 0.3 is 0 Å². The van der Waals surface area contributed by atoms with Gasteiger partial charge in [-0.3, -0.25) is 0 Å². The summed E-state index contributed by atoms with van der Waals surface area (Å²) in [4.78, 5) is 30.2. The van der Waals surface area contributed by atoms with Crippen LogP contribution in [0.3, 0.4) is 0 Å². The Labute approximate surface area is 673 Å². The van der Waals surface area contributed by atoms with Crippen LogP contribution in [0, 0.1) is 0 Å². The van der Waals surface area contributed by atoms with Crippen molar-refractivity contribution in [2.24, 2.45) is 0 Å². The molecular weight excluding hydrogens is 1430 g/mol. The lowest BCUT2D eigenvalue weighted by Gasteiger charge is -2.12. The van der Waals surface area contributed by atoms with Crippen molar-refractivity contribution in [3.05, 3.63) is 413 Å². The van der Waals surface area contributed by atoms with Crippen molar-refractivity contribution in [2.45, 2.75) is 0 Å². The highest BCUT2D eigenvalue weighted by atomic mass is 16.3. The summed E-state index contributed by atoms with van der Waals surface area (Å²) in [5.74, 6) is 1.46. The number of furan rings is 3. The summed E-state index contributed by atoms with van der Waals surface area (Å²) < 4.78 is 18.2. The number of benzene rings is 17. The number of aromatic nitrogens is 6. The van der Waals surface area contributed by atoms with Crippen molar-refractivity contribution in [1.82, 2.24) is 29.9 Å². The lowest BCUT2D eigenvalue weighted by atomic mass is 9.97. The van der Waals surface area contributed by atoms with Gasteiger partial charge in [0.2, 0.25) is 0 Å². The van der Waals surface area contributed by atoms with Crippen LogP contribution in [0.4, 0.5) is 0 Å². The third-order valence-electron chi connectivity index (χ3n) is 21.9. The average Bonchev–Trinajstić information content (AvgIpc) is 1.62. The van der Waals surface area contributed by atoms with Crippen LogP contribution in [-0.4, -0.2) is 29.9 Å². The van der Waals surface area contributed by atoms with Crippen LogP contribution in [0.5, 0.6) is 0 Å². The second-order valence-electron chi connectivity index (χ2n) is 29.2. The zero-order chi connectivity index (χ0) is 77.5. The van der Waals surface area contributed by atoms with Crippen LogP contribution in [0.25, 0.3) is 222 Å². The van der Waals surface area contributed by atoms with Crippen LogP contribution in [-0.2, 0) is 0 Å². The van der Waals surface area contributed by atoms with Gasteiger partial charge < -0.3 is 13.3 Å². The molecule has 6 aromatic heterocycles. The van der Waals surface area contributed by atoms with Gasteiger partial charge in [0, 0.05) is 76.5 Å². The number of nitrogens with zero attached hydrogens (tertiary/aromatic N) is 6. The van der Waals surface area contributed by atoms with Gasteiger partial charge in [0.05, 0.1) is 44.8 Å². The molecule has 0 radical (unpaired) electrons. The predicted octanol–water partition coefficient (Wildman–Crippen LogP) is 28.9. The van der Waals surface area contributed by atoms with E-state index in [1.807, 2.05) is 152 Å². The van der Waals surface area contributed by atoms with Gasteiger partial charge in [-0.1, -0.05) is 315 Å². The van der Waals surface area contributed by atoms with Crippen molar-refractivity contribution in [3.63, 3.8) is 0 Å². The first-order valence-electron chi connectivity index (χ1n) is 39.2. The van der Waals surface area contributed by atoms with Crippen LogP contribution in [0.1, 0.15) is 0 Å². The van der Waals surface area contributed by atoms with E-state index in [0.717, 1.165) is 194 Å². The summed E-state index contributed by atoms with van der Waals surface area (Å²) in [5, 5.41) is 8.82. The van der Waals surface area contributed by atoms with Crippen LogP contribution < -0.4 is 0 Å². The Morgan fingerprint density at radius 3 is 0.880 bits per heavy atom. The van der Waals surface area contributed by atoms with E-state index in [9.17, 15) is 0 Å². The predicted molar refractivity (Wildman–Crippen MR) is 480 cm³/mol. The molecule has 9 nitrogen and oxygen atoms in total. The highest BCUT2D eigenvalue weighted by Gasteiger charge is 2.20. The normalized spacial score (nSPS) is 11.4. The summed E-state index contributed by atoms with van der Waals surface area (Å²) in [6, 6.07) is 142. The van der Waals surface area contributed by atoms with Gasteiger partial charge in [-0.2, -0.15) is 0 Å². The molecule has 0 aliphatic rings. The summed E-state index contributed by atoms with van der Waals surface area (Å²) >= 11 is 0. The standard InChI is InChI=1S/2C38H24N2O.C32H20N2O/c1-3-9-27(10-4-1)37-32-21-19-30(24-34(32)39-38(40-37)28-11-5-2-6-12-28)26-17-15-25(16-18-26)29-20-22-36-33(23-29)31-13-7-8-14-35(31)41-36;1-2-9-25(10-3-1)28-11-8-12-29(23-28)26-17-19-27(20-18-26)37-38(40-34-15-6-5-14-33(34)39-37)30-21-22-32-31-13-4-7-16-35(31)41-36(32)24-30;1-3-9-21(10-4-1)31-26-17-15-24(20-28(26)33-32(34-31)22-11-5-2-6-12-22)23-16-18-30-27(19-23)25-13-7-8-14-29(25)35-30/h2*1-24H;1-20H. The molecule has 0 atom stereocenters. The lowest BCUT2D eigenvalue weighted by Crippen LogP contribution is -1.95.